The third kappa shape index (κ3) is 2.99. The third-order valence-electron chi connectivity index (χ3n) is 2.34. The van der Waals surface area contributed by atoms with Gasteiger partial charge in [0, 0.05) is 13.1 Å². The van der Waals surface area contributed by atoms with Gasteiger partial charge in [0.1, 0.15) is 16.5 Å². The zero-order chi connectivity index (χ0) is 14.8. The van der Waals surface area contributed by atoms with Crippen LogP contribution in [0.4, 0.5) is 20.4 Å². The van der Waals surface area contributed by atoms with E-state index in [0.717, 1.165) is 24.5 Å². The lowest BCUT2D eigenvalue weighted by molar-refractivity contribution is 0.582. The van der Waals surface area contributed by atoms with Crippen molar-refractivity contribution in [2.45, 2.75) is 4.90 Å². The second-order valence-corrected chi connectivity index (χ2v) is 5.40. The summed E-state index contributed by atoms with van der Waals surface area (Å²) < 4.78 is 52.1. The van der Waals surface area contributed by atoms with Gasteiger partial charge in [0.05, 0.1) is 18.1 Å². The van der Waals surface area contributed by atoms with Crippen LogP contribution in [-0.2, 0) is 10.0 Å². The number of benzene rings is 1. The number of aromatic nitrogens is 2. The Morgan fingerprint density at radius 2 is 1.80 bits per heavy atom. The molecule has 106 valence electrons. The van der Waals surface area contributed by atoms with Crippen molar-refractivity contribution in [1.82, 2.24) is 9.97 Å². The number of anilines is 2. The van der Waals surface area contributed by atoms with Crippen LogP contribution in [0.25, 0.3) is 0 Å². The molecule has 0 aliphatic rings. The van der Waals surface area contributed by atoms with Gasteiger partial charge < -0.3 is 5.32 Å². The largest absolute Gasteiger partial charge is 0.357 e. The lowest BCUT2D eigenvalue weighted by Gasteiger charge is -2.08. The van der Waals surface area contributed by atoms with E-state index in [9.17, 15) is 17.2 Å². The molecule has 0 spiro atoms. The average molecular weight is 300 g/mol. The molecule has 1 heterocycles. The van der Waals surface area contributed by atoms with E-state index >= 15 is 0 Å². The van der Waals surface area contributed by atoms with E-state index in [2.05, 4.69) is 15.3 Å². The van der Waals surface area contributed by atoms with E-state index in [4.69, 9.17) is 0 Å². The van der Waals surface area contributed by atoms with Gasteiger partial charge in [-0.3, -0.25) is 4.72 Å². The predicted octanol–water partition coefficient (Wildman–Crippen LogP) is 1.60. The fourth-order valence-corrected chi connectivity index (χ4v) is 2.32. The van der Waals surface area contributed by atoms with Gasteiger partial charge in [0.2, 0.25) is 5.95 Å². The second-order valence-electron chi connectivity index (χ2n) is 3.72. The third-order valence-corrected chi connectivity index (χ3v) is 3.66. The van der Waals surface area contributed by atoms with E-state index in [1.165, 1.54) is 0 Å². The highest BCUT2D eigenvalue weighted by Gasteiger charge is 2.17. The summed E-state index contributed by atoms with van der Waals surface area (Å²) in [5.41, 5.74) is -0.357. The minimum atomic E-state index is -4.04. The molecule has 0 atom stereocenters. The molecule has 0 fully saturated rings. The molecule has 1 aromatic carbocycles. The SMILES string of the molecule is CNc1ncc(S(=O)(=O)Nc2ccc(F)cc2F)cn1. The van der Waals surface area contributed by atoms with Gasteiger partial charge in [-0.05, 0) is 12.1 Å². The maximum Gasteiger partial charge on any atom is 0.265 e. The Kier molecular flexibility index (Phi) is 3.79. The molecule has 0 saturated carbocycles. The molecule has 0 aliphatic heterocycles. The summed E-state index contributed by atoms with van der Waals surface area (Å²) in [5, 5.41) is 2.63. The molecule has 0 radical (unpaired) electrons. The molecule has 2 N–H and O–H groups in total. The first-order valence-corrected chi connectivity index (χ1v) is 6.88. The standard InChI is InChI=1S/C11H10F2N4O2S/c1-14-11-15-5-8(6-16-11)20(18,19)17-10-3-2-7(12)4-9(10)13/h2-6,17H,1H3,(H,14,15,16). The van der Waals surface area contributed by atoms with Crippen LogP contribution in [0.3, 0.4) is 0 Å². The van der Waals surface area contributed by atoms with Gasteiger partial charge in [-0.1, -0.05) is 0 Å². The van der Waals surface area contributed by atoms with Crippen molar-refractivity contribution in [2.24, 2.45) is 0 Å². The van der Waals surface area contributed by atoms with Crippen LogP contribution in [0, 0.1) is 11.6 Å². The van der Waals surface area contributed by atoms with Crippen molar-refractivity contribution in [3.63, 3.8) is 0 Å². The van der Waals surface area contributed by atoms with E-state index < -0.39 is 21.7 Å². The Labute approximate surface area is 113 Å². The maximum atomic E-state index is 13.4. The van der Waals surface area contributed by atoms with Crippen LogP contribution in [-0.4, -0.2) is 25.4 Å². The quantitative estimate of drug-likeness (QED) is 0.896. The number of hydrogen-bond donors (Lipinski definition) is 2. The smallest absolute Gasteiger partial charge is 0.265 e. The molecule has 1 aromatic heterocycles. The summed E-state index contributed by atoms with van der Waals surface area (Å²) >= 11 is 0. The van der Waals surface area contributed by atoms with Crippen LogP contribution in [0.2, 0.25) is 0 Å². The first-order chi connectivity index (χ1) is 9.42. The highest BCUT2D eigenvalue weighted by molar-refractivity contribution is 7.92. The van der Waals surface area contributed by atoms with Crippen LogP contribution in [0.15, 0.2) is 35.5 Å². The first-order valence-electron chi connectivity index (χ1n) is 5.40. The molecule has 0 unspecified atom stereocenters. The fraction of sp³-hybridized carbons (Fsp3) is 0.0909. The lowest BCUT2D eigenvalue weighted by atomic mass is 10.3. The Morgan fingerprint density at radius 1 is 1.15 bits per heavy atom. The Balaban J connectivity index is 2.30. The first kappa shape index (κ1) is 14.1. The van der Waals surface area contributed by atoms with Crippen molar-refractivity contribution in [1.29, 1.82) is 0 Å². The minimum Gasteiger partial charge on any atom is -0.357 e. The van der Waals surface area contributed by atoms with Crippen molar-refractivity contribution in [2.75, 3.05) is 17.1 Å². The summed E-state index contributed by atoms with van der Waals surface area (Å²) in [6, 6.07) is 2.52. The molecule has 0 bridgehead atoms. The topological polar surface area (TPSA) is 84.0 Å². The summed E-state index contributed by atoms with van der Waals surface area (Å²) in [5.74, 6) is -1.56. The summed E-state index contributed by atoms with van der Waals surface area (Å²) in [4.78, 5) is 7.26. The van der Waals surface area contributed by atoms with E-state index in [-0.39, 0.29) is 16.5 Å². The molecule has 2 rings (SSSR count). The normalized spacial score (nSPS) is 11.2. The Hall–Kier alpha value is -2.29. The van der Waals surface area contributed by atoms with Crippen molar-refractivity contribution in [3.8, 4) is 0 Å². The molecule has 9 heteroatoms. The second kappa shape index (κ2) is 5.37. The zero-order valence-electron chi connectivity index (χ0n) is 10.3. The van der Waals surface area contributed by atoms with Crippen molar-refractivity contribution < 1.29 is 17.2 Å². The Morgan fingerprint density at radius 3 is 2.35 bits per heavy atom. The summed E-state index contributed by atoms with van der Waals surface area (Å²) in [7, 11) is -2.46. The molecular formula is C11H10F2N4O2S. The van der Waals surface area contributed by atoms with Crippen LogP contribution in [0.5, 0.6) is 0 Å². The van der Waals surface area contributed by atoms with Crippen molar-refractivity contribution >= 4 is 21.7 Å². The number of nitrogens with zero attached hydrogens (tertiary/aromatic N) is 2. The molecule has 0 saturated heterocycles. The van der Waals surface area contributed by atoms with E-state index in [1.807, 2.05) is 4.72 Å². The molecule has 20 heavy (non-hydrogen) atoms. The molecular weight excluding hydrogens is 290 g/mol. The van der Waals surface area contributed by atoms with Crippen molar-refractivity contribution in [3.05, 3.63) is 42.2 Å². The van der Waals surface area contributed by atoms with Crippen LogP contribution >= 0.6 is 0 Å². The van der Waals surface area contributed by atoms with Gasteiger partial charge in [0.25, 0.3) is 10.0 Å². The van der Waals surface area contributed by atoms with Gasteiger partial charge in [-0.15, -0.1) is 0 Å². The average Bonchev–Trinajstić information content (AvgIpc) is 2.42. The van der Waals surface area contributed by atoms with Gasteiger partial charge >= 0.3 is 0 Å². The highest BCUT2D eigenvalue weighted by Crippen LogP contribution is 2.19. The molecule has 0 aliphatic carbocycles. The number of sulfonamides is 1. The Bertz CT molecular complexity index is 720. The predicted molar refractivity (Wildman–Crippen MR) is 68.7 cm³/mol. The van der Waals surface area contributed by atoms with Gasteiger partial charge in [0.15, 0.2) is 0 Å². The zero-order valence-corrected chi connectivity index (χ0v) is 11.1. The van der Waals surface area contributed by atoms with Gasteiger partial charge in [-0.25, -0.2) is 27.2 Å². The summed E-state index contributed by atoms with van der Waals surface area (Å²) in [6.07, 6.45) is 2.14. The molecule has 0 amide bonds. The van der Waals surface area contributed by atoms with Gasteiger partial charge in [-0.2, -0.15) is 0 Å². The van der Waals surface area contributed by atoms with Crippen LogP contribution < -0.4 is 10.0 Å². The molecule has 2 aromatic rings. The number of rotatable bonds is 4. The maximum absolute atomic E-state index is 13.4. The number of hydrogen-bond acceptors (Lipinski definition) is 5. The monoisotopic (exact) mass is 300 g/mol. The lowest BCUT2D eigenvalue weighted by Crippen LogP contribution is -2.15. The summed E-state index contributed by atoms with van der Waals surface area (Å²) in [6.45, 7) is 0. The van der Waals surface area contributed by atoms with E-state index in [0.29, 0.717) is 6.07 Å². The number of nitrogens with one attached hydrogen (secondary N) is 2. The molecule has 6 nitrogen and oxygen atoms in total. The highest BCUT2D eigenvalue weighted by atomic mass is 32.2. The number of halogens is 2. The fourth-order valence-electron chi connectivity index (χ4n) is 1.36. The van der Waals surface area contributed by atoms with E-state index in [1.54, 1.807) is 7.05 Å². The minimum absolute atomic E-state index is 0.236. The van der Waals surface area contributed by atoms with Crippen LogP contribution in [0.1, 0.15) is 0 Å².